The predicted octanol–water partition coefficient (Wildman–Crippen LogP) is 3.79. The van der Waals surface area contributed by atoms with E-state index in [1.165, 1.54) is 0 Å². The Morgan fingerprint density at radius 3 is 2.68 bits per heavy atom. The van der Waals surface area contributed by atoms with Gasteiger partial charge in [0.25, 0.3) is 0 Å². The molecule has 142 valence electrons. The van der Waals surface area contributed by atoms with Crippen molar-refractivity contribution in [1.82, 2.24) is 4.98 Å². The van der Waals surface area contributed by atoms with E-state index in [1.807, 2.05) is 47.8 Å². The second-order valence-electron chi connectivity index (χ2n) is 6.06. The highest BCUT2D eigenvalue weighted by molar-refractivity contribution is 7.18. The summed E-state index contributed by atoms with van der Waals surface area (Å²) in [6.07, 6.45) is 0. The molecule has 0 spiro atoms. The van der Waals surface area contributed by atoms with E-state index in [0.717, 1.165) is 43.8 Å². The molecule has 0 bridgehead atoms. The van der Waals surface area contributed by atoms with Crippen molar-refractivity contribution >= 4 is 49.7 Å². The Balaban J connectivity index is 1.89. The second kappa shape index (κ2) is 7.24. The van der Waals surface area contributed by atoms with Gasteiger partial charge in [-0.2, -0.15) is 5.10 Å². The zero-order chi connectivity index (χ0) is 19.7. The fraction of sp³-hybridized carbons (Fsp3) is 0.100. The third-order valence-electron chi connectivity index (χ3n) is 4.49. The summed E-state index contributed by atoms with van der Waals surface area (Å²) in [5, 5.41) is 11.1. The van der Waals surface area contributed by atoms with Crippen molar-refractivity contribution in [2.45, 2.75) is 0 Å². The number of hydrazone groups is 1. The van der Waals surface area contributed by atoms with E-state index < -0.39 is 0 Å². The van der Waals surface area contributed by atoms with Crippen LogP contribution in [0.3, 0.4) is 0 Å². The van der Waals surface area contributed by atoms with Gasteiger partial charge in [-0.15, -0.1) is 11.3 Å². The van der Waals surface area contributed by atoms with Gasteiger partial charge in [0, 0.05) is 27.1 Å². The molecule has 2 aromatic heterocycles. The number of nitrogens with one attached hydrogen (secondary N) is 1. The number of nitrogens with zero attached hydrogens (tertiary/aromatic N) is 2. The Kier molecular flexibility index (Phi) is 4.62. The molecule has 0 fully saturated rings. The summed E-state index contributed by atoms with van der Waals surface area (Å²) in [4.78, 5) is 4.83. The molecule has 4 rings (SSSR count). The molecule has 2 heterocycles. The zero-order valence-corrected chi connectivity index (χ0v) is 16.2. The fourth-order valence-electron chi connectivity index (χ4n) is 3.07. The van der Waals surface area contributed by atoms with Crippen LogP contribution in [0.15, 0.2) is 52.9 Å². The molecule has 7 nitrogen and oxygen atoms in total. The minimum Gasteiger partial charge on any atom is -0.497 e. The first-order chi connectivity index (χ1) is 13.6. The van der Waals surface area contributed by atoms with Crippen LogP contribution in [0.1, 0.15) is 5.56 Å². The molecule has 28 heavy (non-hydrogen) atoms. The molecule has 0 radical (unpaired) electrons. The Hall–Kier alpha value is -3.52. The highest BCUT2D eigenvalue weighted by atomic mass is 32.1. The van der Waals surface area contributed by atoms with Gasteiger partial charge in [-0.1, -0.05) is 12.1 Å². The number of anilines is 2. The number of amidine groups is 1. The number of aromatic nitrogens is 1. The maximum absolute atomic E-state index is 5.86. The lowest BCUT2D eigenvalue weighted by atomic mass is 10.1. The number of hydrogen-bond donors (Lipinski definition) is 3. The fourth-order valence-corrected chi connectivity index (χ4v) is 4.00. The Morgan fingerprint density at radius 1 is 1.07 bits per heavy atom. The van der Waals surface area contributed by atoms with Crippen LogP contribution in [0, 0.1) is 0 Å². The highest BCUT2D eigenvalue weighted by Crippen LogP contribution is 2.37. The zero-order valence-electron chi connectivity index (χ0n) is 15.4. The number of methoxy groups -OCH3 is 2. The summed E-state index contributed by atoms with van der Waals surface area (Å²) >= 11 is 1.66. The second-order valence-corrected chi connectivity index (χ2v) is 6.98. The average molecular weight is 393 g/mol. The first kappa shape index (κ1) is 17.9. The lowest BCUT2D eigenvalue weighted by Crippen LogP contribution is -2.15. The van der Waals surface area contributed by atoms with Gasteiger partial charge in [-0.3, -0.25) is 0 Å². The van der Waals surface area contributed by atoms with Crippen LogP contribution in [0.2, 0.25) is 0 Å². The Bertz CT molecular complexity index is 1200. The third kappa shape index (κ3) is 3.03. The van der Waals surface area contributed by atoms with Crippen molar-refractivity contribution in [3.05, 3.63) is 53.4 Å². The monoisotopic (exact) mass is 393 g/mol. The van der Waals surface area contributed by atoms with Crippen LogP contribution in [-0.2, 0) is 0 Å². The summed E-state index contributed by atoms with van der Waals surface area (Å²) in [7, 11) is 3.25. The predicted molar refractivity (Wildman–Crippen MR) is 115 cm³/mol. The third-order valence-corrected chi connectivity index (χ3v) is 5.44. The van der Waals surface area contributed by atoms with E-state index in [0.29, 0.717) is 5.75 Å². The average Bonchev–Trinajstić information content (AvgIpc) is 3.23. The number of fused-ring (bicyclic) bond motifs is 3. The molecule has 0 saturated heterocycles. The van der Waals surface area contributed by atoms with Crippen molar-refractivity contribution < 1.29 is 9.47 Å². The van der Waals surface area contributed by atoms with E-state index in [4.69, 9.17) is 26.0 Å². The molecule has 2 aromatic carbocycles. The molecule has 0 aliphatic carbocycles. The number of benzene rings is 2. The van der Waals surface area contributed by atoms with Crippen LogP contribution in [-0.4, -0.2) is 25.0 Å². The largest absolute Gasteiger partial charge is 0.497 e. The standard InChI is InChI=1S/C20H19N5O2S/c1-26-12-4-6-17(27-2)16(10-12)24-20-14-7-8-28-18(14)13-5-3-11(19(21)25-22)9-15(13)23-20/h3-10H,22H2,1-2H3,(H2,21,25)(H,23,24). The smallest absolute Gasteiger partial charge is 0.150 e. The van der Waals surface area contributed by atoms with E-state index in [2.05, 4.69) is 10.4 Å². The highest BCUT2D eigenvalue weighted by Gasteiger charge is 2.13. The molecule has 4 aromatic rings. The normalized spacial score (nSPS) is 11.7. The molecule has 0 unspecified atom stereocenters. The van der Waals surface area contributed by atoms with Crippen molar-refractivity contribution in [3.63, 3.8) is 0 Å². The van der Waals surface area contributed by atoms with Gasteiger partial charge in [0.1, 0.15) is 23.2 Å². The minimum absolute atomic E-state index is 0.263. The molecule has 5 N–H and O–H groups in total. The van der Waals surface area contributed by atoms with Gasteiger partial charge in [0.2, 0.25) is 0 Å². The number of hydrogen-bond acceptors (Lipinski definition) is 7. The number of ether oxygens (including phenoxy) is 2. The molecule has 0 aliphatic heterocycles. The summed E-state index contributed by atoms with van der Waals surface area (Å²) in [6.45, 7) is 0. The van der Waals surface area contributed by atoms with Crippen LogP contribution in [0.4, 0.5) is 11.5 Å². The molecule has 8 heteroatoms. The maximum Gasteiger partial charge on any atom is 0.150 e. The summed E-state index contributed by atoms with van der Waals surface area (Å²) < 4.78 is 11.9. The van der Waals surface area contributed by atoms with Crippen LogP contribution in [0.25, 0.3) is 21.0 Å². The van der Waals surface area contributed by atoms with E-state index in [-0.39, 0.29) is 5.84 Å². The van der Waals surface area contributed by atoms with Crippen LogP contribution >= 0.6 is 11.3 Å². The maximum atomic E-state index is 5.86. The van der Waals surface area contributed by atoms with E-state index in [1.54, 1.807) is 25.6 Å². The van der Waals surface area contributed by atoms with Gasteiger partial charge in [-0.05, 0) is 29.6 Å². The van der Waals surface area contributed by atoms with Gasteiger partial charge < -0.3 is 26.4 Å². The van der Waals surface area contributed by atoms with Crippen molar-refractivity contribution in [2.75, 3.05) is 19.5 Å². The number of pyridine rings is 1. The molecule has 0 saturated carbocycles. The topological polar surface area (TPSA) is 108 Å². The Labute approximate surface area is 165 Å². The number of rotatable bonds is 5. The lowest BCUT2D eigenvalue weighted by Gasteiger charge is -2.14. The first-order valence-electron chi connectivity index (χ1n) is 8.48. The number of nitrogens with two attached hydrogens (primary N) is 2. The van der Waals surface area contributed by atoms with Gasteiger partial charge in [0.15, 0.2) is 0 Å². The van der Waals surface area contributed by atoms with Crippen LogP contribution < -0.4 is 26.4 Å². The summed E-state index contributed by atoms with van der Waals surface area (Å²) in [5.74, 6) is 7.72. The van der Waals surface area contributed by atoms with Gasteiger partial charge >= 0.3 is 0 Å². The van der Waals surface area contributed by atoms with Gasteiger partial charge in [-0.25, -0.2) is 4.98 Å². The molecular weight excluding hydrogens is 374 g/mol. The van der Waals surface area contributed by atoms with Crippen molar-refractivity contribution in [1.29, 1.82) is 0 Å². The summed E-state index contributed by atoms with van der Waals surface area (Å²) in [5.41, 5.74) is 8.15. The molecule has 0 aliphatic rings. The molecule has 0 amide bonds. The van der Waals surface area contributed by atoms with E-state index >= 15 is 0 Å². The quantitative estimate of drug-likeness (QED) is 0.206. The molecular formula is C20H19N5O2S. The van der Waals surface area contributed by atoms with Crippen molar-refractivity contribution in [2.24, 2.45) is 16.7 Å². The van der Waals surface area contributed by atoms with Crippen molar-refractivity contribution in [3.8, 4) is 11.5 Å². The number of thiophene rings is 1. The molecule has 0 atom stereocenters. The SMILES string of the molecule is COc1ccc(OC)c(Nc2nc3cc(/C(N)=N/N)ccc3c3sccc23)c1. The lowest BCUT2D eigenvalue weighted by molar-refractivity contribution is 0.405. The Morgan fingerprint density at radius 2 is 1.93 bits per heavy atom. The van der Waals surface area contributed by atoms with Gasteiger partial charge in [0.05, 0.1) is 25.4 Å². The first-order valence-corrected chi connectivity index (χ1v) is 9.36. The minimum atomic E-state index is 0.263. The van der Waals surface area contributed by atoms with Crippen LogP contribution in [0.5, 0.6) is 11.5 Å². The summed E-state index contributed by atoms with van der Waals surface area (Å²) in [6, 6.07) is 13.4. The van der Waals surface area contributed by atoms with E-state index in [9.17, 15) is 0 Å².